The fourth-order valence-electron chi connectivity index (χ4n) is 2.97. The van der Waals surface area contributed by atoms with Crippen molar-refractivity contribution in [2.24, 2.45) is 0 Å². The molecule has 0 saturated heterocycles. The summed E-state index contributed by atoms with van der Waals surface area (Å²) < 4.78 is 5.57. The fourth-order valence-corrected chi connectivity index (χ4v) is 2.97. The monoisotopic (exact) mass is 262 g/mol. The predicted molar refractivity (Wildman–Crippen MR) is 79.7 cm³/mol. The quantitative estimate of drug-likeness (QED) is 0.883. The van der Waals surface area contributed by atoms with Crippen LogP contribution in [0.4, 0.5) is 0 Å². The molecule has 0 fully saturated rings. The summed E-state index contributed by atoms with van der Waals surface area (Å²) in [5.74, 6) is 1.02. The van der Waals surface area contributed by atoms with Crippen LogP contribution >= 0.6 is 0 Å². The number of benzene rings is 1. The zero-order valence-corrected chi connectivity index (χ0v) is 12.6. The second-order valence-electron chi connectivity index (χ2n) is 5.20. The van der Waals surface area contributed by atoms with Gasteiger partial charge in [-0.3, -0.25) is 4.90 Å². The molecule has 1 N–H and O–H groups in total. The average Bonchev–Trinajstić information content (AvgIpc) is 2.44. The summed E-state index contributed by atoms with van der Waals surface area (Å²) >= 11 is 0. The number of nitrogens with one attached hydrogen (secondary N) is 1. The molecule has 3 heteroatoms. The van der Waals surface area contributed by atoms with Gasteiger partial charge in [-0.05, 0) is 43.6 Å². The maximum absolute atomic E-state index is 5.57. The second kappa shape index (κ2) is 6.40. The van der Waals surface area contributed by atoms with Crippen LogP contribution in [0.25, 0.3) is 0 Å². The maximum Gasteiger partial charge on any atom is 0.123 e. The Labute approximate surface area is 116 Å². The summed E-state index contributed by atoms with van der Waals surface area (Å²) in [5, 5.41) is 3.39. The first kappa shape index (κ1) is 14.4. The number of methoxy groups -OCH3 is 1. The number of hydrogen-bond acceptors (Lipinski definition) is 3. The zero-order chi connectivity index (χ0) is 13.8. The van der Waals surface area contributed by atoms with E-state index in [0.29, 0.717) is 6.04 Å². The largest absolute Gasteiger partial charge is 0.496 e. The van der Waals surface area contributed by atoms with Gasteiger partial charge in [0, 0.05) is 24.7 Å². The first-order valence-corrected chi connectivity index (χ1v) is 7.35. The molecule has 0 amide bonds. The van der Waals surface area contributed by atoms with Crippen molar-refractivity contribution in [2.75, 3.05) is 26.7 Å². The lowest BCUT2D eigenvalue weighted by Crippen LogP contribution is -2.33. The normalized spacial score (nSPS) is 19.3. The third-order valence-corrected chi connectivity index (χ3v) is 4.18. The van der Waals surface area contributed by atoms with Crippen LogP contribution in [0.3, 0.4) is 0 Å². The molecule has 1 aromatic carbocycles. The topological polar surface area (TPSA) is 24.5 Å². The van der Waals surface area contributed by atoms with Crippen molar-refractivity contribution >= 4 is 0 Å². The fraction of sp³-hybridized carbons (Fsp3) is 0.625. The molecule has 0 bridgehead atoms. The van der Waals surface area contributed by atoms with Crippen molar-refractivity contribution in [3.8, 4) is 5.75 Å². The van der Waals surface area contributed by atoms with E-state index < -0.39 is 0 Å². The number of nitrogens with zero attached hydrogens (tertiary/aromatic N) is 1. The van der Waals surface area contributed by atoms with Crippen molar-refractivity contribution in [2.45, 2.75) is 39.8 Å². The van der Waals surface area contributed by atoms with Crippen molar-refractivity contribution in [3.63, 3.8) is 0 Å². The van der Waals surface area contributed by atoms with Crippen molar-refractivity contribution in [1.82, 2.24) is 10.2 Å². The van der Waals surface area contributed by atoms with E-state index in [2.05, 4.69) is 43.1 Å². The molecular formula is C16H26N2O. The Bertz CT molecular complexity index is 431. The van der Waals surface area contributed by atoms with Gasteiger partial charge in [0.1, 0.15) is 5.75 Å². The molecule has 1 aromatic rings. The van der Waals surface area contributed by atoms with E-state index in [-0.39, 0.29) is 0 Å². The smallest absolute Gasteiger partial charge is 0.123 e. The minimum absolute atomic E-state index is 0.496. The molecule has 1 unspecified atom stereocenters. The highest BCUT2D eigenvalue weighted by atomic mass is 16.5. The van der Waals surface area contributed by atoms with Gasteiger partial charge in [-0.25, -0.2) is 0 Å². The first-order valence-electron chi connectivity index (χ1n) is 7.35. The minimum Gasteiger partial charge on any atom is -0.496 e. The van der Waals surface area contributed by atoms with Crippen molar-refractivity contribution < 1.29 is 4.74 Å². The Kier molecular flexibility index (Phi) is 4.83. The standard InChI is InChI=1S/C16H26N2O/c1-5-17-11-14-9-13-7-8-18(6-2)12(3)15(13)10-16(14)19-4/h9-10,12,17H,5-8,11H2,1-4H3. The van der Waals surface area contributed by atoms with E-state index in [1.807, 2.05) is 0 Å². The summed E-state index contributed by atoms with van der Waals surface area (Å²) in [6.45, 7) is 10.8. The zero-order valence-electron chi connectivity index (χ0n) is 12.6. The molecular weight excluding hydrogens is 236 g/mol. The number of rotatable bonds is 5. The van der Waals surface area contributed by atoms with Gasteiger partial charge in [-0.2, -0.15) is 0 Å². The van der Waals surface area contributed by atoms with Crippen LogP contribution in [0, 0.1) is 0 Å². The van der Waals surface area contributed by atoms with Gasteiger partial charge in [0.15, 0.2) is 0 Å². The highest BCUT2D eigenvalue weighted by Gasteiger charge is 2.24. The average molecular weight is 262 g/mol. The van der Waals surface area contributed by atoms with Crippen LogP contribution in [0.5, 0.6) is 5.75 Å². The first-order chi connectivity index (χ1) is 9.21. The number of ether oxygens (including phenoxy) is 1. The molecule has 1 aliphatic heterocycles. The SMILES string of the molecule is CCNCc1cc2c(cc1OC)C(C)N(CC)CC2. The number of hydrogen-bond donors (Lipinski definition) is 1. The third kappa shape index (κ3) is 2.93. The predicted octanol–water partition coefficient (Wildman–Crippen LogP) is 2.74. The van der Waals surface area contributed by atoms with E-state index in [9.17, 15) is 0 Å². The molecule has 0 saturated carbocycles. The van der Waals surface area contributed by atoms with Crippen LogP contribution in [0.2, 0.25) is 0 Å². The van der Waals surface area contributed by atoms with E-state index in [4.69, 9.17) is 4.74 Å². The Morgan fingerprint density at radius 1 is 1.37 bits per heavy atom. The molecule has 106 valence electrons. The van der Waals surface area contributed by atoms with Crippen molar-refractivity contribution in [3.05, 3.63) is 28.8 Å². The Morgan fingerprint density at radius 2 is 2.16 bits per heavy atom. The molecule has 0 radical (unpaired) electrons. The van der Waals surface area contributed by atoms with Gasteiger partial charge in [-0.1, -0.05) is 19.9 Å². The Balaban J connectivity index is 2.33. The lowest BCUT2D eigenvalue weighted by atomic mass is 9.91. The Morgan fingerprint density at radius 3 is 2.79 bits per heavy atom. The summed E-state index contributed by atoms with van der Waals surface area (Å²) in [7, 11) is 1.77. The minimum atomic E-state index is 0.496. The van der Waals surface area contributed by atoms with Crippen LogP contribution in [-0.2, 0) is 13.0 Å². The number of fused-ring (bicyclic) bond motifs is 1. The number of likely N-dealkylation sites (N-methyl/N-ethyl adjacent to an activating group) is 1. The van der Waals surface area contributed by atoms with E-state index in [1.165, 1.54) is 16.7 Å². The molecule has 19 heavy (non-hydrogen) atoms. The third-order valence-electron chi connectivity index (χ3n) is 4.18. The lowest BCUT2D eigenvalue weighted by molar-refractivity contribution is 0.209. The summed E-state index contributed by atoms with van der Waals surface area (Å²) in [6.07, 6.45) is 1.15. The van der Waals surface area contributed by atoms with Crippen LogP contribution in [0.15, 0.2) is 12.1 Å². The van der Waals surface area contributed by atoms with E-state index in [1.54, 1.807) is 7.11 Å². The van der Waals surface area contributed by atoms with Crippen LogP contribution < -0.4 is 10.1 Å². The highest BCUT2D eigenvalue weighted by molar-refractivity contribution is 5.45. The maximum atomic E-state index is 5.57. The summed E-state index contributed by atoms with van der Waals surface area (Å²) in [5.41, 5.74) is 4.20. The molecule has 1 heterocycles. The molecule has 1 aliphatic rings. The Hall–Kier alpha value is -1.06. The molecule has 1 atom stereocenters. The van der Waals surface area contributed by atoms with Crippen LogP contribution in [-0.4, -0.2) is 31.6 Å². The van der Waals surface area contributed by atoms with Gasteiger partial charge >= 0.3 is 0 Å². The second-order valence-corrected chi connectivity index (χ2v) is 5.20. The summed E-state index contributed by atoms with van der Waals surface area (Å²) in [6, 6.07) is 5.07. The van der Waals surface area contributed by atoms with Gasteiger partial charge in [0.05, 0.1) is 7.11 Å². The van der Waals surface area contributed by atoms with Crippen LogP contribution in [0.1, 0.15) is 43.5 Å². The molecule has 3 nitrogen and oxygen atoms in total. The van der Waals surface area contributed by atoms with Gasteiger partial charge < -0.3 is 10.1 Å². The van der Waals surface area contributed by atoms with Gasteiger partial charge in [-0.15, -0.1) is 0 Å². The lowest BCUT2D eigenvalue weighted by Gasteiger charge is -2.35. The van der Waals surface area contributed by atoms with Gasteiger partial charge in [0.2, 0.25) is 0 Å². The van der Waals surface area contributed by atoms with Gasteiger partial charge in [0.25, 0.3) is 0 Å². The van der Waals surface area contributed by atoms with Crippen molar-refractivity contribution in [1.29, 1.82) is 0 Å². The highest BCUT2D eigenvalue weighted by Crippen LogP contribution is 2.34. The van der Waals surface area contributed by atoms with E-state index >= 15 is 0 Å². The molecule has 0 aliphatic carbocycles. The molecule has 0 spiro atoms. The molecule has 2 rings (SSSR count). The van der Waals surface area contributed by atoms with E-state index in [0.717, 1.165) is 38.3 Å². The molecule has 0 aromatic heterocycles. The summed E-state index contributed by atoms with van der Waals surface area (Å²) in [4.78, 5) is 2.52.